The van der Waals surface area contributed by atoms with Crippen LogP contribution in [0.2, 0.25) is 0 Å². The summed E-state index contributed by atoms with van der Waals surface area (Å²) in [5, 5.41) is 0. The van der Waals surface area contributed by atoms with E-state index in [0.717, 1.165) is 25.9 Å². The van der Waals surface area contributed by atoms with Crippen molar-refractivity contribution in [3.05, 3.63) is 0 Å². The summed E-state index contributed by atoms with van der Waals surface area (Å²) in [6, 6.07) is 0.677. The number of carbonyl (C=O) groups excluding carboxylic acids is 1. The largest absolute Gasteiger partial charge is 0.300 e. The van der Waals surface area contributed by atoms with Gasteiger partial charge in [-0.15, -0.1) is 0 Å². The van der Waals surface area contributed by atoms with Gasteiger partial charge in [-0.2, -0.15) is 0 Å². The van der Waals surface area contributed by atoms with Gasteiger partial charge in [0.2, 0.25) is 5.91 Å². The second kappa shape index (κ2) is 10.3. The monoisotopic (exact) mass is 257 g/mol. The molecule has 108 valence electrons. The maximum atomic E-state index is 11.0. The van der Waals surface area contributed by atoms with Crippen LogP contribution >= 0.6 is 0 Å². The summed E-state index contributed by atoms with van der Waals surface area (Å²) in [6.07, 6.45) is 4.92. The zero-order valence-corrected chi connectivity index (χ0v) is 12.5. The smallest absolute Gasteiger partial charge is 0.233 e. The van der Waals surface area contributed by atoms with Crippen LogP contribution in [0.1, 0.15) is 59.8 Å². The molecule has 1 amide bonds. The van der Waals surface area contributed by atoms with Gasteiger partial charge in [-0.05, 0) is 38.1 Å². The second-order valence-electron chi connectivity index (χ2n) is 5.38. The molecule has 0 saturated carbocycles. The second-order valence-corrected chi connectivity index (χ2v) is 5.38. The highest BCUT2D eigenvalue weighted by molar-refractivity contribution is 5.75. The number of rotatable bonds is 10. The van der Waals surface area contributed by atoms with Gasteiger partial charge in [0.25, 0.3) is 0 Å². The quantitative estimate of drug-likeness (QED) is 0.273. The van der Waals surface area contributed by atoms with E-state index in [2.05, 4.69) is 38.0 Å². The zero-order valence-electron chi connectivity index (χ0n) is 12.5. The van der Waals surface area contributed by atoms with E-state index in [1.54, 1.807) is 0 Å². The molecule has 0 radical (unpaired) electrons. The minimum absolute atomic E-state index is 0.0621. The highest BCUT2D eigenvalue weighted by Gasteiger charge is 2.15. The maximum Gasteiger partial charge on any atom is 0.233 e. The molecule has 4 heteroatoms. The molecule has 0 atom stereocenters. The first-order chi connectivity index (χ1) is 8.54. The topological polar surface area (TPSA) is 58.4 Å². The first-order valence-corrected chi connectivity index (χ1v) is 7.28. The number of nitrogens with one attached hydrogen (secondary N) is 1. The van der Waals surface area contributed by atoms with E-state index in [1.165, 1.54) is 12.8 Å². The molecule has 0 rings (SSSR count). The summed E-state index contributed by atoms with van der Waals surface area (Å²) in [4.78, 5) is 13.6. The molecule has 3 N–H and O–H groups in total. The minimum atomic E-state index is -0.0621. The van der Waals surface area contributed by atoms with Crippen LogP contribution in [0.15, 0.2) is 0 Å². The van der Waals surface area contributed by atoms with Gasteiger partial charge in [0.15, 0.2) is 0 Å². The fourth-order valence-electron chi connectivity index (χ4n) is 2.37. The van der Waals surface area contributed by atoms with Crippen LogP contribution in [-0.2, 0) is 4.79 Å². The number of hydrogen-bond acceptors (Lipinski definition) is 3. The molecule has 0 aliphatic carbocycles. The average molecular weight is 257 g/mol. The molecular formula is C14H31N3O. The standard InChI is InChI=1S/C14H31N3O/c1-5-13(6-2)17(11-12(3)4)10-8-7-9-14(18)16-15/h12-13H,5-11,15H2,1-4H3,(H,16,18). The normalized spacial score (nSPS) is 11.6. The van der Waals surface area contributed by atoms with Crippen LogP contribution < -0.4 is 11.3 Å². The average Bonchev–Trinajstić information content (AvgIpc) is 2.34. The molecule has 0 saturated heterocycles. The minimum Gasteiger partial charge on any atom is -0.300 e. The number of unbranched alkanes of at least 4 members (excludes halogenated alkanes) is 1. The lowest BCUT2D eigenvalue weighted by atomic mass is 10.1. The van der Waals surface area contributed by atoms with Gasteiger partial charge in [-0.25, -0.2) is 5.84 Å². The van der Waals surface area contributed by atoms with Crippen LogP contribution in [-0.4, -0.2) is 29.9 Å². The Morgan fingerprint density at radius 3 is 2.28 bits per heavy atom. The van der Waals surface area contributed by atoms with Gasteiger partial charge in [0.05, 0.1) is 0 Å². The Labute approximate surface area is 112 Å². The summed E-state index contributed by atoms with van der Waals surface area (Å²) < 4.78 is 0. The van der Waals surface area contributed by atoms with E-state index in [9.17, 15) is 4.79 Å². The third kappa shape index (κ3) is 7.67. The Morgan fingerprint density at radius 2 is 1.83 bits per heavy atom. The van der Waals surface area contributed by atoms with E-state index >= 15 is 0 Å². The highest BCUT2D eigenvalue weighted by Crippen LogP contribution is 2.13. The van der Waals surface area contributed by atoms with Crippen LogP contribution in [0.3, 0.4) is 0 Å². The zero-order chi connectivity index (χ0) is 14.0. The summed E-state index contributed by atoms with van der Waals surface area (Å²) in [7, 11) is 0. The van der Waals surface area contributed by atoms with Crippen molar-refractivity contribution in [1.82, 2.24) is 10.3 Å². The Kier molecular flexibility index (Phi) is 9.98. The lowest BCUT2D eigenvalue weighted by Gasteiger charge is -2.32. The summed E-state index contributed by atoms with van der Waals surface area (Å²) >= 11 is 0. The lowest BCUT2D eigenvalue weighted by molar-refractivity contribution is -0.121. The predicted octanol–water partition coefficient (Wildman–Crippen LogP) is 2.29. The summed E-state index contributed by atoms with van der Waals surface area (Å²) in [6.45, 7) is 11.3. The van der Waals surface area contributed by atoms with Crippen LogP contribution in [0.4, 0.5) is 0 Å². The predicted molar refractivity (Wildman–Crippen MR) is 77.0 cm³/mol. The molecular weight excluding hydrogens is 226 g/mol. The van der Waals surface area contributed by atoms with E-state index in [4.69, 9.17) is 5.84 Å². The van der Waals surface area contributed by atoms with Gasteiger partial charge in [0, 0.05) is 19.0 Å². The van der Waals surface area contributed by atoms with Crippen LogP contribution in [0.5, 0.6) is 0 Å². The van der Waals surface area contributed by atoms with Crippen LogP contribution in [0, 0.1) is 5.92 Å². The number of hydrazine groups is 1. The van der Waals surface area contributed by atoms with Gasteiger partial charge < -0.3 is 4.90 Å². The van der Waals surface area contributed by atoms with Gasteiger partial charge in [-0.1, -0.05) is 27.7 Å². The Bertz CT molecular complexity index is 215. The Hall–Kier alpha value is -0.610. The number of amides is 1. The number of hydrogen-bond donors (Lipinski definition) is 2. The van der Waals surface area contributed by atoms with Crippen molar-refractivity contribution in [3.63, 3.8) is 0 Å². The molecule has 0 aromatic heterocycles. The number of carbonyl (C=O) groups is 1. The summed E-state index contributed by atoms with van der Waals surface area (Å²) in [5.74, 6) is 5.69. The number of nitrogens with two attached hydrogens (primary N) is 1. The fraction of sp³-hybridized carbons (Fsp3) is 0.929. The lowest BCUT2D eigenvalue weighted by Crippen LogP contribution is -2.38. The number of nitrogens with zero attached hydrogens (tertiary/aromatic N) is 1. The van der Waals surface area contributed by atoms with Crippen molar-refractivity contribution >= 4 is 5.91 Å². The van der Waals surface area contributed by atoms with Crippen molar-refractivity contribution in [2.45, 2.75) is 65.8 Å². The molecule has 0 spiro atoms. The van der Waals surface area contributed by atoms with Crippen molar-refractivity contribution in [2.75, 3.05) is 13.1 Å². The molecule has 4 nitrogen and oxygen atoms in total. The van der Waals surface area contributed by atoms with E-state index in [1.807, 2.05) is 0 Å². The molecule has 0 aromatic carbocycles. The fourth-order valence-corrected chi connectivity index (χ4v) is 2.37. The van der Waals surface area contributed by atoms with Gasteiger partial charge in [-0.3, -0.25) is 10.2 Å². The summed E-state index contributed by atoms with van der Waals surface area (Å²) in [5.41, 5.74) is 2.18. The molecule has 18 heavy (non-hydrogen) atoms. The first-order valence-electron chi connectivity index (χ1n) is 7.28. The molecule has 0 aliphatic rings. The molecule has 0 aliphatic heterocycles. The van der Waals surface area contributed by atoms with E-state index in [0.29, 0.717) is 18.4 Å². The van der Waals surface area contributed by atoms with Crippen LogP contribution in [0.25, 0.3) is 0 Å². The van der Waals surface area contributed by atoms with E-state index < -0.39 is 0 Å². The highest BCUT2D eigenvalue weighted by atomic mass is 16.2. The van der Waals surface area contributed by atoms with Crippen molar-refractivity contribution in [2.24, 2.45) is 11.8 Å². The molecule has 0 fully saturated rings. The maximum absolute atomic E-state index is 11.0. The first kappa shape index (κ1) is 17.4. The van der Waals surface area contributed by atoms with Crippen molar-refractivity contribution in [1.29, 1.82) is 0 Å². The molecule has 0 unspecified atom stereocenters. The third-order valence-electron chi connectivity index (χ3n) is 3.32. The van der Waals surface area contributed by atoms with Gasteiger partial charge >= 0.3 is 0 Å². The Morgan fingerprint density at radius 1 is 1.22 bits per heavy atom. The SMILES string of the molecule is CCC(CC)N(CCCCC(=O)NN)CC(C)C. The van der Waals surface area contributed by atoms with Gasteiger partial charge in [0.1, 0.15) is 0 Å². The molecule has 0 aromatic rings. The molecule has 0 heterocycles. The third-order valence-corrected chi connectivity index (χ3v) is 3.32. The molecule has 0 bridgehead atoms. The van der Waals surface area contributed by atoms with Crippen molar-refractivity contribution in [3.8, 4) is 0 Å². The van der Waals surface area contributed by atoms with E-state index in [-0.39, 0.29) is 5.91 Å². The Balaban J connectivity index is 4.04. The van der Waals surface area contributed by atoms with Crippen molar-refractivity contribution < 1.29 is 4.79 Å².